The molecule has 0 heterocycles. The second kappa shape index (κ2) is 8.87. The Morgan fingerprint density at radius 1 is 0.960 bits per heavy atom. The number of benzene rings is 2. The molecule has 132 valence electrons. The fourth-order valence-corrected chi connectivity index (χ4v) is 3.52. The van der Waals surface area contributed by atoms with Crippen LogP contribution >= 0.6 is 0 Å². The second-order valence-electron chi connectivity index (χ2n) is 7.04. The molecule has 0 atom stereocenters. The minimum absolute atomic E-state index is 0.900. The Labute approximate surface area is 152 Å². The predicted molar refractivity (Wildman–Crippen MR) is 106 cm³/mol. The van der Waals surface area contributed by atoms with Crippen molar-refractivity contribution in [2.45, 2.75) is 38.6 Å². The molecule has 25 heavy (non-hydrogen) atoms. The zero-order valence-electron chi connectivity index (χ0n) is 15.5. The highest BCUT2D eigenvalue weighted by atomic mass is 16.5. The third-order valence-electron chi connectivity index (χ3n) is 4.96. The molecule has 3 rings (SSSR count). The zero-order valence-corrected chi connectivity index (χ0v) is 15.5. The average molecular weight is 335 g/mol. The Morgan fingerprint density at radius 2 is 1.72 bits per heavy atom. The van der Waals surface area contributed by atoms with Gasteiger partial charge in [0.1, 0.15) is 5.75 Å². The van der Waals surface area contributed by atoms with Gasteiger partial charge in [0.25, 0.3) is 0 Å². The van der Waals surface area contributed by atoms with Crippen LogP contribution in [0.15, 0.2) is 48.5 Å². The topological polar surface area (TPSA) is 12.5 Å². The van der Waals surface area contributed by atoms with Gasteiger partial charge in [0.15, 0.2) is 0 Å². The van der Waals surface area contributed by atoms with Crippen LogP contribution in [-0.2, 0) is 19.4 Å². The molecule has 0 amide bonds. The van der Waals surface area contributed by atoms with Gasteiger partial charge in [-0.15, -0.1) is 0 Å². The normalized spacial score (nSPS) is 14.5. The lowest BCUT2D eigenvalue weighted by molar-refractivity contribution is 0.364. The first-order valence-corrected chi connectivity index (χ1v) is 9.34. The van der Waals surface area contributed by atoms with Gasteiger partial charge in [-0.05, 0) is 67.1 Å². The Morgan fingerprint density at radius 3 is 2.48 bits per heavy atom. The number of rotatable bonds is 6. The molecular formula is C23H29NO. The Hall–Kier alpha value is -2.06. The number of aryl methyl sites for hydroxylation is 2. The number of fused-ring (bicyclic) bond motifs is 1. The highest BCUT2D eigenvalue weighted by Crippen LogP contribution is 2.22. The molecule has 0 aliphatic heterocycles. The van der Waals surface area contributed by atoms with Crippen LogP contribution in [0.4, 0.5) is 0 Å². The molecule has 0 saturated heterocycles. The molecule has 0 fully saturated rings. The fraction of sp³-hybridized carbons (Fsp3) is 0.391. The van der Waals surface area contributed by atoms with Crippen LogP contribution in [-0.4, -0.2) is 25.6 Å². The van der Waals surface area contributed by atoms with Crippen molar-refractivity contribution in [1.82, 2.24) is 4.90 Å². The molecule has 1 aliphatic carbocycles. The highest BCUT2D eigenvalue weighted by Gasteiger charge is 2.09. The van der Waals surface area contributed by atoms with Gasteiger partial charge < -0.3 is 4.74 Å². The lowest BCUT2D eigenvalue weighted by Gasteiger charge is -2.16. The van der Waals surface area contributed by atoms with E-state index in [1.807, 2.05) is 12.1 Å². The van der Waals surface area contributed by atoms with E-state index >= 15 is 0 Å². The average Bonchev–Trinajstić information content (AvgIpc) is 2.87. The van der Waals surface area contributed by atoms with Crippen molar-refractivity contribution in [2.75, 3.05) is 20.7 Å². The summed E-state index contributed by atoms with van der Waals surface area (Å²) in [5.74, 6) is 0.900. The summed E-state index contributed by atoms with van der Waals surface area (Å²) in [6.07, 6.45) is 11.0. The van der Waals surface area contributed by atoms with Gasteiger partial charge in [0.2, 0.25) is 0 Å². The predicted octanol–water partition coefficient (Wildman–Crippen LogP) is 5.11. The third-order valence-corrected chi connectivity index (χ3v) is 4.96. The molecule has 1 aliphatic rings. The standard InChI is InChI=1S/C23H29NO/c1-24(16-6-7-19-11-14-23(25-2)15-12-19)18-20-10-13-21-8-4-3-5-9-22(21)17-20/h6-7,10-15,17H,3-5,8-9,16,18H2,1-2H3. The van der Waals surface area contributed by atoms with E-state index < -0.39 is 0 Å². The molecular weight excluding hydrogens is 306 g/mol. The smallest absolute Gasteiger partial charge is 0.118 e. The summed E-state index contributed by atoms with van der Waals surface area (Å²) in [7, 11) is 3.88. The minimum atomic E-state index is 0.900. The van der Waals surface area contributed by atoms with Gasteiger partial charge in [-0.1, -0.05) is 48.9 Å². The van der Waals surface area contributed by atoms with Gasteiger partial charge in [-0.3, -0.25) is 4.90 Å². The van der Waals surface area contributed by atoms with Crippen molar-refractivity contribution in [1.29, 1.82) is 0 Å². The van der Waals surface area contributed by atoms with E-state index in [2.05, 4.69) is 54.4 Å². The highest BCUT2D eigenvalue weighted by molar-refractivity contribution is 5.50. The summed E-state index contributed by atoms with van der Waals surface area (Å²) in [6, 6.07) is 15.3. The van der Waals surface area contributed by atoms with Crippen LogP contribution in [0.5, 0.6) is 5.75 Å². The Kier molecular flexibility index (Phi) is 6.30. The van der Waals surface area contributed by atoms with Crippen molar-refractivity contribution in [3.63, 3.8) is 0 Å². The zero-order chi connectivity index (χ0) is 17.5. The van der Waals surface area contributed by atoms with E-state index in [9.17, 15) is 0 Å². The van der Waals surface area contributed by atoms with E-state index in [-0.39, 0.29) is 0 Å². The largest absolute Gasteiger partial charge is 0.497 e. The van der Waals surface area contributed by atoms with Crippen LogP contribution in [0.2, 0.25) is 0 Å². The van der Waals surface area contributed by atoms with Crippen molar-refractivity contribution in [2.24, 2.45) is 0 Å². The van der Waals surface area contributed by atoms with Crippen molar-refractivity contribution < 1.29 is 4.74 Å². The van der Waals surface area contributed by atoms with Gasteiger partial charge >= 0.3 is 0 Å². The number of likely N-dealkylation sites (N-methyl/N-ethyl adjacent to an activating group) is 1. The summed E-state index contributed by atoms with van der Waals surface area (Å²) in [4.78, 5) is 2.36. The molecule has 2 aromatic rings. The molecule has 0 bridgehead atoms. The van der Waals surface area contributed by atoms with E-state index in [0.29, 0.717) is 0 Å². The Bertz CT molecular complexity index is 703. The van der Waals surface area contributed by atoms with Gasteiger partial charge in [-0.25, -0.2) is 0 Å². The lowest BCUT2D eigenvalue weighted by atomic mass is 10.00. The van der Waals surface area contributed by atoms with Crippen molar-refractivity contribution in [3.8, 4) is 5.75 Å². The molecule has 0 unspecified atom stereocenters. The van der Waals surface area contributed by atoms with Gasteiger partial charge in [-0.2, -0.15) is 0 Å². The quantitative estimate of drug-likeness (QED) is 0.680. The molecule has 0 spiro atoms. The van der Waals surface area contributed by atoms with Crippen LogP contribution in [0.3, 0.4) is 0 Å². The second-order valence-corrected chi connectivity index (χ2v) is 7.04. The van der Waals surface area contributed by atoms with Crippen LogP contribution in [0.1, 0.15) is 41.5 Å². The maximum Gasteiger partial charge on any atom is 0.118 e. The van der Waals surface area contributed by atoms with Gasteiger partial charge in [0.05, 0.1) is 7.11 Å². The summed E-state index contributed by atoms with van der Waals surface area (Å²) >= 11 is 0. The minimum Gasteiger partial charge on any atom is -0.497 e. The van der Waals surface area contributed by atoms with E-state index in [0.717, 1.165) is 18.8 Å². The molecule has 0 radical (unpaired) electrons. The molecule has 0 N–H and O–H groups in total. The van der Waals surface area contributed by atoms with Gasteiger partial charge in [0, 0.05) is 13.1 Å². The molecule has 2 aromatic carbocycles. The molecule has 0 aromatic heterocycles. The summed E-state index contributed by atoms with van der Waals surface area (Å²) in [5, 5.41) is 0. The number of methoxy groups -OCH3 is 1. The SMILES string of the molecule is COc1ccc(C=CCN(C)Cc2ccc3c(c2)CCCCC3)cc1. The van der Waals surface area contributed by atoms with Crippen LogP contribution in [0, 0.1) is 0 Å². The number of ether oxygens (including phenoxy) is 1. The van der Waals surface area contributed by atoms with Crippen LogP contribution < -0.4 is 4.74 Å². The number of hydrogen-bond acceptors (Lipinski definition) is 2. The van der Waals surface area contributed by atoms with E-state index in [1.54, 1.807) is 18.2 Å². The summed E-state index contributed by atoms with van der Waals surface area (Å²) < 4.78 is 5.19. The third kappa shape index (κ3) is 5.20. The summed E-state index contributed by atoms with van der Waals surface area (Å²) in [5.41, 5.74) is 5.79. The maximum absolute atomic E-state index is 5.19. The number of nitrogens with zero attached hydrogens (tertiary/aromatic N) is 1. The molecule has 2 nitrogen and oxygen atoms in total. The van der Waals surface area contributed by atoms with Crippen molar-refractivity contribution >= 4 is 6.08 Å². The first-order chi connectivity index (χ1) is 12.2. The molecule has 0 saturated carbocycles. The van der Waals surface area contributed by atoms with E-state index in [4.69, 9.17) is 4.74 Å². The lowest BCUT2D eigenvalue weighted by Crippen LogP contribution is -2.17. The monoisotopic (exact) mass is 335 g/mol. The molecule has 2 heteroatoms. The summed E-state index contributed by atoms with van der Waals surface area (Å²) in [6.45, 7) is 1.95. The number of hydrogen-bond donors (Lipinski definition) is 0. The first-order valence-electron chi connectivity index (χ1n) is 9.34. The first kappa shape index (κ1) is 17.8. The maximum atomic E-state index is 5.19. The Balaban J connectivity index is 1.54. The fourth-order valence-electron chi connectivity index (χ4n) is 3.52. The van der Waals surface area contributed by atoms with E-state index in [1.165, 1.54) is 43.2 Å². The van der Waals surface area contributed by atoms with Crippen LogP contribution in [0.25, 0.3) is 6.08 Å². The van der Waals surface area contributed by atoms with Crippen molar-refractivity contribution in [3.05, 3.63) is 70.8 Å².